The molecular formula is C18H26N4O2. The number of nitrogens with zero attached hydrogens (tertiary/aromatic N) is 3. The molecule has 3 fully saturated rings. The van der Waals surface area contributed by atoms with Gasteiger partial charge in [-0.3, -0.25) is 9.78 Å². The summed E-state index contributed by atoms with van der Waals surface area (Å²) in [6.45, 7) is 5.24. The Balaban J connectivity index is 1.45. The van der Waals surface area contributed by atoms with Crippen LogP contribution < -0.4 is 10.2 Å². The van der Waals surface area contributed by atoms with Crippen molar-refractivity contribution in [1.82, 2.24) is 15.3 Å². The predicted molar refractivity (Wildman–Crippen MR) is 90.7 cm³/mol. The summed E-state index contributed by atoms with van der Waals surface area (Å²) in [5.41, 5.74) is 0.962. The molecule has 130 valence electrons. The molecule has 6 heteroatoms. The molecule has 0 spiro atoms. The van der Waals surface area contributed by atoms with E-state index in [0.717, 1.165) is 43.4 Å². The van der Waals surface area contributed by atoms with Crippen molar-refractivity contribution in [3.05, 3.63) is 18.1 Å². The van der Waals surface area contributed by atoms with Crippen molar-refractivity contribution < 1.29 is 9.53 Å². The first-order valence-electron chi connectivity index (χ1n) is 9.13. The summed E-state index contributed by atoms with van der Waals surface area (Å²) in [5.74, 6) is 2.59. The van der Waals surface area contributed by atoms with Gasteiger partial charge in [-0.15, -0.1) is 0 Å². The van der Waals surface area contributed by atoms with Crippen LogP contribution in [-0.4, -0.2) is 48.2 Å². The van der Waals surface area contributed by atoms with Gasteiger partial charge >= 0.3 is 0 Å². The van der Waals surface area contributed by atoms with Crippen LogP contribution in [0.5, 0.6) is 0 Å². The Morgan fingerprint density at radius 3 is 2.62 bits per heavy atom. The Labute approximate surface area is 143 Å². The molecule has 2 saturated heterocycles. The first-order valence-corrected chi connectivity index (χ1v) is 9.13. The average molecular weight is 330 g/mol. The van der Waals surface area contributed by atoms with E-state index in [-0.39, 0.29) is 17.9 Å². The summed E-state index contributed by atoms with van der Waals surface area (Å²) in [5, 5.41) is 3.35. The molecule has 1 aromatic heterocycles. The van der Waals surface area contributed by atoms with Crippen LogP contribution in [-0.2, 0) is 9.53 Å². The Bertz CT molecular complexity index is 598. The molecule has 6 nitrogen and oxygen atoms in total. The molecule has 2 unspecified atom stereocenters. The molecule has 3 heterocycles. The fraction of sp³-hybridized carbons (Fsp3) is 0.722. The molecule has 0 radical (unpaired) electrons. The third kappa shape index (κ3) is 3.24. The van der Waals surface area contributed by atoms with Gasteiger partial charge in [-0.2, -0.15) is 0 Å². The molecule has 2 aliphatic heterocycles. The van der Waals surface area contributed by atoms with Crippen LogP contribution in [0.3, 0.4) is 0 Å². The Kier molecular flexibility index (Phi) is 4.39. The summed E-state index contributed by atoms with van der Waals surface area (Å²) in [7, 11) is 0. The number of aromatic nitrogens is 2. The topological polar surface area (TPSA) is 67.4 Å². The second kappa shape index (κ2) is 6.67. The number of hydrogen-bond acceptors (Lipinski definition) is 5. The van der Waals surface area contributed by atoms with Gasteiger partial charge in [0.15, 0.2) is 0 Å². The normalized spacial score (nSPS) is 28.1. The number of nitrogens with one attached hydrogen (secondary N) is 1. The highest BCUT2D eigenvalue weighted by atomic mass is 16.5. The van der Waals surface area contributed by atoms with Crippen LogP contribution in [0.1, 0.15) is 31.4 Å². The predicted octanol–water partition coefficient (Wildman–Crippen LogP) is 1.54. The van der Waals surface area contributed by atoms with Crippen molar-refractivity contribution >= 4 is 11.7 Å². The Morgan fingerprint density at radius 2 is 1.92 bits per heavy atom. The highest BCUT2D eigenvalue weighted by Gasteiger charge is 2.44. The van der Waals surface area contributed by atoms with Crippen LogP contribution in [0, 0.1) is 24.7 Å². The zero-order valence-corrected chi connectivity index (χ0v) is 14.3. The summed E-state index contributed by atoms with van der Waals surface area (Å²) in [6.07, 6.45) is 7.77. The van der Waals surface area contributed by atoms with Gasteiger partial charge in [0.2, 0.25) is 5.91 Å². The minimum absolute atomic E-state index is 0.117. The van der Waals surface area contributed by atoms with Crippen molar-refractivity contribution in [2.45, 2.75) is 38.6 Å². The number of rotatable bonds is 4. The maximum Gasteiger partial charge on any atom is 0.223 e. The molecule has 1 aromatic rings. The lowest BCUT2D eigenvalue weighted by Gasteiger charge is -2.25. The molecule has 0 aromatic carbocycles. The molecule has 2 atom stereocenters. The number of anilines is 1. The molecule has 24 heavy (non-hydrogen) atoms. The highest BCUT2D eigenvalue weighted by Crippen LogP contribution is 2.42. The van der Waals surface area contributed by atoms with Gasteiger partial charge in [0, 0.05) is 50.5 Å². The first kappa shape index (κ1) is 15.8. The maximum absolute atomic E-state index is 12.6. The third-order valence-corrected chi connectivity index (χ3v) is 5.67. The van der Waals surface area contributed by atoms with E-state index >= 15 is 0 Å². The fourth-order valence-corrected chi connectivity index (χ4v) is 4.13. The smallest absolute Gasteiger partial charge is 0.223 e. The largest absolute Gasteiger partial charge is 0.381 e. The minimum Gasteiger partial charge on any atom is -0.381 e. The number of hydrogen-bond donors (Lipinski definition) is 1. The van der Waals surface area contributed by atoms with Crippen LogP contribution in [0.2, 0.25) is 0 Å². The van der Waals surface area contributed by atoms with E-state index in [1.54, 1.807) is 12.4 Å². The van der Waals surface area contributed by atoms with E-state index in [4.69, 9.17) is 4.74 Å². The Hall–Kier alpha value is -1.69. The van der Waals surface area contributed by atoms with Crippen LogP contribution in [0.4, 0.5) is 5.82 Å². The summed E-state index contributed by atoms with van der Waals surface area (Å²) in [6, 6.07) is 0.231. The SMILES string of the molecule is Cc1nccnc1N1CC(NC(=O)C2CCOCC2)C(C2CC2)C1. The average Bonchev–Trinajstić information content (AvgIpc) is 3.37. The number of carbonyl (C=O) groups excluding carboxylic acids is 1. The third-order valence-electron chi connectivity index (χ3n) is 5.67. The van der Waals surface area contributed by atoms with Gasteiger partial charge in [-0.25, -0.2) is 4.98 Å². The quantitative estimate of drug-likeness (QED) is 0.907. The number of ether oxygens (including phenoxy) is 1. The first-order chi connectivity index (χ1) is 11.7. The molecule has 1 saturated carbocycles. The number of carbonyl (C=O) groups is 1. The van der Waals surface area contributed by atoms with Crippen LogP contribution >= 0.6 is 0 Å². The number of amides is 1. The second-order valence-corrected chi connectivity index (χ2v) is 7.37. The van der Waals surface area contributed by atoms with Crippen molar-refractivity contribution in [1.29, 1.82) is 0 Å². The summed E-state index contributed by atoms with van der Waals surface area (Å²) >= 11 is 0. The molecule has 1 N–H and O–H groups in total. The van der Waals surface area contributed by atoms with Crippen LogP contribution in [0.15, 0.2) is 12.4 Å². The lowest BCUT2D eigenvalue weighted by atomic mass is 9.95. The van der Waals surface area contributed by atoms with E-state index in [1.165, 1.54) is 12.8 Å². The van der Waals surface area contributed by atoms with E-state index in [0.29, 0.717) is 19.1 Å². The second-order valence-electron chi connectivity index (χ2n) is 7.37. The van der Waals surface area contributed by atoms with Gasteiger partial charge in [0.25, 0.3) is 0 Å². The highest BCUT2D eigenvalue weighted by molar-refractivity contribution is 5.79. The van der Waals surface area contributed by atoms with E-state index in [2.05, 4.69) is 20.2 Å². The molecule has 1 aliphatic carbocycles. The van der Waals surface area contributed by atoms with Gasteiger partial charge < -0.3 is 15.0 Å². The van der Waals surface area contributed by atoms with Crippen LogP contribution in [0.25, 0.3) is 0 Å². The lowest BCUT2D eigenvalue weighted by molar-refractivity contribution is -0.128. The van der Waals surface area contributed by atoms with Gasteiger partial charge in [-0.05, 0) is 38.5 Å². The van der Waals surface area contributed by atoms with Gasteiger partial charge in [0.05, 0.1) is 11.7 Å². The van der Waals surface area contributed by atoms with Gasteiger partial charge in [0.1, 0.15) is 5.82 Å². The minimum atomic E-state index is 0.117. The van der Waals surface area contributed by atoms with Crippen molar-refractivity contribution in [3.8, 4) is 0 Å². The zero-order chi connectivity index (χ0) is 16.5. The molecule has 0 bridgehead atoms. The Morgan fingerprint density at radius 1 is 1.17 bits per heavy atom. The van der Waals surface area contributed by atoms with E-state index < -0.39 is 0 Å². The monoisotopic (exact) mass is 330 g/mol. The molecule has 3 aliphatic rings. The fourth-order valence-electron chi connectivity index (χ4n) is 4.13. The van der Waals surface area contributed by atoms with Crippen molar-refractivity contribution in [3.63, 3.8) is 0 Å². The standard InChI is InChI=1S/C18H26N4O2/c1-12-17(20-7-6-19-12)22-10-15(13-2-3-13)16(11-22)21-18(23)14-4-8-24-9-5-14/h6-7,13-16H,2-5,8-11H2,1H3,(H,21,23). The van der Waals surface area contributed by atoms with E-state index in [9.17, 15) is 4.79 Å². The zero-order valence-electron chi connectivity index (χ0n) is 14.3. The molecule has 4 rings (SSSR count). The van der Waals surface area contributed by atoms with Gasteiger partial charge in [-0.1, -0.05) is 0 Å². The maximum atomic E-state index is 12.6. The lowest BCUT2D eigenvalue weighted by Crippen LogP contribution is -2.45. The molecule has 1 amide bonds. The van der Waals surface area contributed by atoms with Crippen molar-refractivity contribution in [2.75, 3.05) is 31.2 Å². The molecular weight excluding hydrogens is 304 g/mol. The van der Waals surface area contributed by atoms with E-state index in [1.807, 2.05) is 6.92 Å². The van der Waals surface area contributed by atoms with Crippen molar-refractivity contribution in [2.24, 2.45) is 17.8 Å². The number of aryl methyl sites for hydroxylation is 1. The summed E-state index contributed by atoms with van der Waals surface area (Å²) in [4.78, 5) is 23.8. The summed E-state index contributed by atoms with van der Waals surface area (Å²) < 4.78 is 5.37.